The standard InChI is InChI=1S/C20H23ClN4O/c1-2-24-11-13-25(14-12-24)19-9-8-18(15-22-19)23-20(26)10-5-16-3-6-17(21)7-4-16/h3-10,15H,2,11-14H2,1H3,(H,23,26)/b10-5+. The van der Waals surface area contributed by atoms with Crippen LogP contribution in [-0.2, 0) is 4.79 Å². The average Bonchev–Trinajstić information content (AvgIpc) is 2.68. The Morgan fingerprint density at radius 2 is 1.88 bits per heavy atom. The first-order valence-corrected chi connectivity index (χ1v) is 9.20. The van der Waals surface area contributed by atoms with Crippen LogP contribution in [0.2, 0.25) is 5.02 Å². The van der Waals surface area contributed by atoms with Crippen LogP contribution < -0.4 is 10.2 Å². The maximum atomic E-state index is 12.0. The van der Waals surface area contributed by atoms with Crippen molar-refractivity contribution in [2.75, 3.05) is 42.9 Å². The molecule has 1 aliphatic heterocycles. The molecule has 0 bridgehead atoms. The second-order valence-corrected chi connectivity index (χ2v) is 6.64. The monoisotopic (exact) mass is 370 g/mol. The zero-order valence-electron chi connectivity index (χ0n) is 14.9. The van der Waals surface area contributed by atoms with Gasteiger partial charge >= 0.3 is 0 Å². The van der Waals surface area contributed by atoms with E-state index in [1.807, 2.05) is 24.3 Å². The zero-order valence-corrected chi connectivity index (χ0v) is 15.6. The Kier molecular flexibility index (Phi) is 6.26. The van der Waals surface area contributed by atoms with Crippen LogP contribution in [-0.4, -0.2) is 48.5 Å². The smallest absolute Gasteiger partial charge is 0.248 e. The Bertz CT molecular complexity index is 750. The van der Waals surface area contributed by atoms with Crippen molar-refractivity contribution in [3.05, 3.63) is 59.3 Å². The van der Waals surface area contributed by atoms with E-state index in [9.17, 15) is 4.79 Å². The predicted octanol–water partition coefficient (Wildman–Crippen LogP) is 3.53. The van der Waals surface area contributed by atoms with E-state index >= 15 is 0 Å². The average molecular weight is 371 g/mol. The molecule has 0 unspecified atom stereocenters. The topological polar surface area (TPSA) is 48.5 Å². The molecule has 1 aliphatic rings. The summed E-state index contributed by atoms with van der Waals surface area (Å²) in [6.45, 7) is 7.37. The fourth-order valence-electron chi connectivity index (χ4n) is 2.87. The van der Waals surface area contributed by atoms with Gasteiger partial charge in [0.2, 0.25) is 5.91 Å². The van der Waals surface area contributed by atoms with E-state index in [1.165, 1.54) is 6.08 Å². The summed E-state index contributed by atoms with van der Waals surface area (Å²) < 4.78 is 0. The van der Waals surface area contributed by atoms with E-state index in [0.29, 0.717) is 10.7 Å². The Hall–Kier alpha value is -2.37. The fourth-order valence-corrected chi connectivity index (χ4v) is 3.00. The van der Waals surface area contributed by atoms with Gasteiger partial charge in [0.25, 0.3) is 0 Å². The SMILES string of the molecule is CCN1CCN(c2ccc(NC(=O)/C=C/c3ccc(Cl)cc3)cn2)CC1. The number of rotatable bonds is 5. The van der Waals surface area contributed by atoms with Crippen molar-refractivity contribution in [2.45, 2.75) is 6.92 Å². The first kappa shape index (κ1) is 18.4. The van der Waals surface area contributed by atoms with Gasteiger partial charge in [-0.05, 0) is 42.4 Å². The molecule has 0 radical (unpaired) electrons. The van der Waals surface area contributed by atoms with E-state index < -0.39 is 0 Å². The van der Waals surface area contributed by atoms with Gasteiger partial charge in [-0.3, -0.25) is 4.79 Å². The number of likely N-dealkylation sites (N-methyl/N-ethyl adjacent to an activating group) is 1. The molecule has 0 atom stereocenters. The molecule has 136 valence electrons. The van der Waals surface area contributed by atoms with Crippen molar-refractivity contribution in [3.8, 4) is 0 Å². The highest BCUT2D eigenvalue weighted by atomic mass is 35.5. The molecule has 0 saturated carbocycles. The number of benzene rings is 1. The lowest BCUT2D eigenvalue weighted by Gasteiger charge is -2.34. The molecule has 0 spiro atoms. The summed E-state index contributed by atoms with van der Waals surface area (Å²) in [7, 11) is 0. The highest BCUT2D eigenvalue weighted by Gasteiger charge is 2.16. The number of piperazine rings is 1. The maximum absolute atomic E-state index is 12.0. The highest BCUT2D eigenvalue weighted by Crippen LogP contribution is 2.16. The van der Waals surface area contributed by atoms with Crippen LogP contribution in [0.3, 0.4) is 0 Å². The molecule has 1 fully saturated rings. The maximum Gasteiger partial charge on any atom is 0.248 e. The fraction of sp³-hybridized carbons (Fsp3) is 0.300. The van der Waals surface area contributed by atoms with Crippen molar-refractivity contribution >= 4 is 35.1 Å². The Morgan fingerprint density at radius 3 is 2.50 bits per heavy atom. The minimum Gasteiger partial charge on any atom is -0.354 e. The number of anilines is 2. The van der Waals surface area contributed by atoms with Gasteiger partial charge in [0, 0.05) is 37.3 Å². The van der Waals surface area contributed by atoms with Gasteiger partial charge in [0.05, 0.1) is 11.9 Å². The van der Waals surface area contributed by atoms with Crippen molar-refractivity contribution in [1.29, 1.82) is 0 Å². The Labute approximate surface area is 159 Å². The number of carbonyl (C=O) groups excluding carboxylic acids is 1. The molecule has 1 aromatic carbocycles. The molecular formula is C20H23ClN4O. The number of nitrogens with one attached hydrogen (secondary N) is 1. The van der Waals surface area contributed by atoms with Gasteiger partial charge in [-0.25, -0.2) is 4.98 Å². The molecule has 0 aliphatic carbocycles. The molecule has 3 rings (SSSR count). The first-order chi connectivity index (χ1) is 12.6. The number of hydrogen-bond donors (Lipinski definition) is 1. The van der Waals surface area contributed by atoms with Gasteiger partial charge in [-0.2, -0.15) is 0 Å². The minimum atomic E-state index is -0.189. The lowest BCUT2D eigenvalue weighted by atomic mass is 10.2. The normalized spacial score (nSPS) is 15.4. The van der Waals surface area contributed by atoms with Gasteiger partial charge in [0.1, 0.15) is 5.82 Å². The van der Waals surface area contributed by atoms with E-state index in [4.69, 9.17) is 11.6 Å². The van der Waals surface area contributed by atoms with Crippen LogP contribution in [0.4, 0.5) is 11.5 Å². The molecule has 1 amide bonds. The summed E-state index contributed by atoms with van der Waals surface area (Å²) in [5, 5.41) is 3.50. The summed E-state index contributed by atoms with van der Waals surface area (Å²) in [6.07, 6.45) is 4.96. The molecule has 26 heavy (non-hydrogen) atoms. The minimum absolute atomic E-state index is 0.189. The van der Waals surface area contributed by atoms with Crippen molar-refractivity contribution in [3.63, 3.8) is 0 Å². The number of carbonyl (C=O) groups is 1. The van der Waals surface area contributed by atoms with Crippen LogP contribution in [0, 0.1) is 0 Å². The molecule has 2 heterocycles. The van der Waals surface area contributed by atoms with Gasteiger partial charge in [0.15, 0.2) is 0 Å². The summed E-state index contributed by atoms with van der Waals surface area (Å²) in [5.41, 5.74) is 1.61. The molecule has 1 aromatic heterocycles. The summed E-state index contributed by atoms with van der Waals surface area (Å²) in [6, 6.07) is 11.2. The lowest BCUT2D eigenvalue weighted by Crippen LogP contribution is -2.46. The predicted molar refractivity (Wildman–Crippen MR) is 108 cm³/mol. The molecule has 1 N–H and O–H groups in total. The van der Waals surface area contributed by atoms with E-state index in [0.717, 1.165) is 44.1 Å². The van der Waals surface area contributed by atoms with Crippen LogP contribution in [0.15, 0.2) is 48.7 Å². The van der Waals surface area contributed by atoms with E-state index in [1.54, 1.807) is 24.4 Å². The van der Waals surface area contributed by atoms with Crippen molar-refractivity contribution in [1.82, 2.24) is 9.88 Å². The highest BCUT2D eigenvalue weighted by molar-refractivity contribution is 6.30. The van der Waals surface area contributed by atoms with Gasteiger partial charge in [-0.15, -0.1) is 0 Å². The number of pyridine rings is 1. The molecule has 2 aromatic rings. The summed E-state index contributed by atoms with van der Waals surface area (Å²) in [4.78, 5) is 21.2. The third kappa shape index (κ3) is 5.07. The van der Waals surface area contributed by atoms with E-state index in [2.05, 4.69) is 27.0 Å². The third-order valence-electron chi connectivity index (χ3n) is 4.46. The lowest BCUT2D eigenvalue weighted by molar-refractivity contribution is -0.111. The van der Waals surface area contributed by atoms with Crippen molar-refractivity contribution < 1.29 is 4.79 Å². The van der Waals surface area contributed by atoms with Crippen LogP contribution in [0.1, 0.15) is 12.5 Å². The van der Waals surface area contributed by atoms with E-state index in [-0.39, 0.29) is 5.91 Å². The second kappa shape index (κ2) is 8.83. The first-order valence-electron chi connectivity index (χ1n) is 8.82. The molecule has 5 nitrogen and oxygen atoms in total. The molecule has 1 saturated heterocycles. The second-order valence-electron chi connectivity index (χ2n) is 6.20. The van der Waals surface area contributed by atoms with Crippen LogP contribution in [0.5, 0.6) is 0 Å². The zero-order chi connectivity index (χ0) is 18.4. The number of hydrogen-bond acceptors (Lipinski definition) is 4. The quantitative estimate of drug-likeness (QED) is 0.818. The largest absolute Gasteiger partial charge is 0.354 e. The number of amides is 1. The number of nitrogens with zero attached hydrogens (tertiary/aromatic N) is 3. The Balaban J connectivity index is 1.53. The molecule has 6 heteroatoms. The van der Waals surface area contributed by atoms with Gasteiger partial charge in [-0.1, -0.05) is 30.7 Å². The number of halogens is 1. The summed E-state index contributed by atoms with van der Waals surface area (Å²) >= 11 is 5.85. The molecular weight excluding hydrogens is 348 g/mol. The van der Waals surface area contributed by atoms with Crippen LogP contribution in [0.25, 0.3) is 6.08 Å². The number of aromatic nitrogens is 1. The van der Waals surface area contributed by atoms with Gasteiger partial charge < -0.3 is 15.1 Å². The van der Waals surface area contributed by atoms with Crippen LogP contribution >= 0.6 is 11.6 Å². The summed E-state index contributed by atoms with van der Waals surface area (Å²) in [5.74, 6) is 0.765. The Morgan fingerprint density at radius 1 is 1.15 bits per heavy atom. The van der Waals surface area contributed by atoms with Crippen molar-refractivity contribution in [2.24, 2.45) is 0 Å². The third-order valence-corrected chi connectivity index (χ3v) is 4.71.